The average Bonchev–Trinajstić information content (AvgIpc) is 2.52. The Labute approximate surface area is 139 Å². The molecule has 1 aliphatic rings. The van der Waals surface area contributed by atoms with Crippen LogP contribution in [0.2, 0.25) is 5.02 Å². The first kappa shape index (κ1) is 18.0. The zero-order chi connectivity index (χ0) is 16.9. The molecule has 0 radical (unpaired) electrons. The molecule has 1 aliphatic heterocycles. The number of hydrogen-bond donors (Lipinski definition) is 2. The summed E-state index contributed by atoms with van der Waals surface area (Å²) >= 11 is 5.94. The molecule has 0 aliphatic carbocycles. The molecule has 2 N–H and O–H groups in total. The Bertz CT molecular complexity index is 657. The Balaban J connectivity index is 2.01. The molecule has 1 saturated heterocycles. The lowest BCUT2D eigenvalue weighted by Gasteiger charge is -2.22. The van der Waals surface area contributed by atoms with Crippen molar-refractivity contribution in [3.8, 4) is 5.75 Å². The fraction of sp³-hybridized carbons (Fsp3) is 0.500. The van der Waals surface area contributed by atoms with Crippen molar-refractivity contribution in [1.82, 2.24) is 4.72 Å². The Kier molecular flexibility index (Phi) is 6.23. The Morgan fingerprint density at radius 2 is 2.26 bits per heavy atom. The molecule has 1 aromatic rings. The van der Waals surface area contributed by atoms with Crippen LogP contribution < -0.4 is 9.46 Å². The Morgan fingerprint density at radius 3 is 2.87 bits per heavy atom. The molecule has 0 spiro atoms. The maximum absolute atomic E-state index is 12.3. The Hall–Kier alpha value is -1.35. The van der Waals surface area contributed by atoms with Crippen molar-refractivity contribution in [3.05, 3.63) is 23.2 Å². The van der Waals surface area contributed by atoms with Gasteiger partial charge in [-0.3, -0.25) is 0 Å². The van der Waals surface area contributed by atoms with E-state index in [1.54, 1.807) is 0 Å². The van der Waals surface area contributed by atoms with Gasteiger partial charge in [-0.05, 0) is 37.0 Å². The number of benzene rings is 1. The van der Waals surface area contributed by atoms with Crippen molar-refractivity contribution in [2.75, 3.05) is 26.4 Å². The van der Waals surface area contributed by atoms with E-state index in [1.165, 1.54) is 18.2 Å². The van der Waals surface area contributed by atoms with Crippen molar-refractivity contribution >= 4 is 27.6 Å². The first-order valence-corrected chi connectivity index (χ1v) is 8.96. The van der Waals surface area contributed by atoms with E-state index in [1.807, 2.05) is 0 Å². The zero-order valence-electron chi connectivity index (χ0n) is 12.3. The first-order chi connectivity index (χ1) is 10.9. The normalized spacial score (nSPS) is 18.6. The SMILES string of the molecule is O=C(O)COc1ccc(S(=O)(=O)NCC2CCCOC2)cc1Cl. The molecule has 2 rings (SSSR count). The number of carboxylic acids is 1. The third-order valence-corrected chi connectivity index (χ3v) is 5.10. The van der Waals surface area contributed by atoms with Gasteiger partial charge in [-0.1, -0.05) is 11.6 Å². The van der Waals surface area contributed by atoms with Crippen LogP contribution in [0.5, 0.6) is 5.75 Å². The van der Waals surface area contributed by atoms with Crippen molar-refractivity contribution in [3.63, 3.8) is 0 Å². The predicted octanol–water partition coefficient (Wildman–Crippen LogP) is 1.51. The minimum Gasteiger partial charge on any atom is -0.480 e. The maximum atomic E-state index is 12.3. The molecule has 9 heteroatoms. The molecule has 1 fully saturated rings. The summed E-state index contributed by atoms with van der Waals surface area (Å²) < 4.78 is 37.3. The topological polar surface area (TPSA) is 102 Å². The van der Waals surface area contributed by atoms with E-state index >= 15 is 0 Å². The number of ether oxygens (including phenoxy) is 2. The lowest BCUT2D eigenvalue weighted by atomic mass is 10.0. The average molecular weight is 364 g/mol. The first-order valence-electron chi connectivity index (χ1n) is 7.10. The standard InChI is InChI=1S/C14H18ClNO6S/c15-12-6-11(3-4-13(12)22-9-14(17)18)23(19,20)16-7-10-2-1-5-21-8-10/h3-4,6,10,16H,1-2,5,7-9H2,(H,17,18). The minimum absolute atomic E-state index is 0.00176. The second kappa shape index (κ2) is 7.96. The van der Waals surface area contributed by atoms with Gasteiger partial charge in [0.05, 0.1) is 16.5 Å². The minimum atomic E-state index is -3.69. The van der Waals surface area contributed by atoms with Crippen LogP contribution in [0, 0.1) is 5.92 Å². The van der Waals surface area contributed by atoms with E-state index in [0.29, 0.717) is 13.2 Å². The van der Waals surface area contributed by atoms with Gasteiger partial charge in [-0.25, -0.2) is 17.9 Å². The van der Waals surface area contributed by atoms with E-state index in [4.69, 9.17) is 26.2 Å². The predicted molar refractivity (Wildman–Crippen MR) is 83.3 cm³/mol. The van der Waals surface area contributed by atoms with E-state index in [0.717, 1.165) is 19.4 Å². The van der Waals surface area contributed by atoms with Crippen LogP contribution in [0.3, 0.4) is 0 Å². The van der Waals surface area contributed by atoms with E-state index in [9.17, 15) is 13.2 Å². The molecule has 1 aromatic carbocycles. The summed E-state index contributed by atoms with van der Waals surface area (Å²) in [4.78, 5) is 10.5. The largest absolute Gasteiger partial charge is 0.480 e. The molecule has 128 valence electrons. The highest BCUT2D eigenvalue weighted by molar-refractivity contribution is 7.89. The van der Waals surface area contributed by atoms with Crippen molar-refractivity contribution in [2.45, 2.75) is 17.7 Å². The van der Waals surface area contributed by atoms with E-state index in [2.05, 4.69) is 4.72 Å². The summed E-state index contributed by atoms with van der Waals surface area (Å²) in [7, 11) is -3.69. The third-order valence-electron chi connectivity index (χ3n) is 3.38. The summed E-state index contributed by atoms with van der Waals surface area (Å²) in [5.41, 5.74) is 0. The monoisotopic (exact) mass is 363 g/mol. The number of aliphatic carboxylic acids is 1. The van der Waals surface area contributed by atoms with Gasteiger partial charge in [0.25, 0.3) is 0 Å². The quantitative estimate of drug-likeness (QED) is 0.761. The molecular weight excluding hydrogens is 346 g/mol. The number of rotatable bonds is 7. The number of nitrogens with one attached hydrogen (secondary N) is 1. The number of carboxylic acid groups (broad SMARTS) is 1. The molecular formula is C14H18ClNO6S. The smallest absolute Gasteiger partial charge is 0.341 e. The van der Waals surface area contributed by atoms with Crippen molar-refractivity contribution in [2.24, 2.45) is 5.92 Å². The van der Waals surface area contributed by atoms with Gasteiger partial charge >= 0.3 is 5.97 Å². The third kappa shape index (κ3) is 5.35. The highest BCUT2D eigenvalue weighted by Crippen LogP contribution is 2.27. The summed E-state index contributed by atoms with van der Waals surface area (Å²) in [6.07, 6.45) is 1.85. The molecule has 1 heterocycles. The summed E-state index contributed by atoms with van der Waals surface area (Å²) in [6.45, 7) is 1.02. The summed E-state index contributed by atoms with van der Waals surface area (Å²) in [6, 6.07) is 3.89. The number of sulfonamides is 1. The van der Waals surface area contributed by atoms with Crippen LogP contribution in [-0.4, -0.2) is 45.9 Å². The van der Waals surface area contributed by atoms with Crippen LogP contribution in [0.15, 0.2) is 23.1 Å². The van der Waals surface area contributed by atoms with Gasteiger partial charge in [0.2, 0.25) is 10.0 Å². The van der Waals surface area contributed by atoms with Gasteiger partial charge in [0.15, 0.2) is 6.61 Å². The van der Waals surface area contributed by atoms with E-state index < -0.39 is 22.6 Å². The zero-order valence-corrected chi connectivity index (χ0v) is 13.9. The molecule has 7 nitrogen and oxygen atoms in total. The van der Waals surface area contributed by atoms with Crippen molar-refractivity contribution < 1.29 is 27.8 Å². The van der Waals surface area contributed by atoms with E-state index in [-0.39, 0.29) is 21.6 Å². The van der Waals surface area contributed by atoms with Crippen molar-refractivity contribution in [1.29, 1.82) is 0 Å². The van der Waals surface area contributed by atoms with Gasteiger partial charge < -0.3 is 14.6 Å². The number of halogens is 1. The van der Waals surface area contributed by atoms with Gasteiger partial charge in [-0.15, -0.1) is 0 Å². The second-order valence-corrected chi connectivity index (χ2v) is 7.38. The molecule has 0 bridgehead atoms. The molecule has 0 amide bonds. The number of hydrogen-bond acceptors (Lipinski definition) is 5. The summed E-state index contributed by atoms with van der Waals surface area (Å²) in [5, 5.41) is 8.60. The van der Waals surface area contributed by atoms with Crippen LogP contribution in [0.4, 0.5) is 0 Å². The van der Waals surface area contributed by atoms with Crippen LogP contribution >= 0.6 is 11.6 Å². The van der Waals surface area contributed by atoms with Gasteiger partial charge in [-0.2, -0.15) is 0 Å². The van der Waals surface area contributed by atoms with Crippen LogP contribution in [0.25, 0.3) is 0 Å². The highest BCUT2D eigenvalue weighted by Gasteiger charge is 2.20. The second-order valence-electron chi connectivity index (χ2n) is 5.21. The summed E-state index contributed by atoms with van der Waals surface area (Å²) in [5.74, 6) is -0.866. The van der Waals surface area contributed by atoms with Crippen LogP contribution in [-0.2, 0) is 19.6 Å². The molecule has 0 aromatic heterocycles. The molecule has 23 heavy (non-hydrogen) atoms. The Morgan fingerprint density at radius 1 is 1.48 bits per heavy atom. The molecule has 1 unspecified atom stereocenters. The number of carbonyl (C=O) groups is 1. The highest BCUT2D eigenvalue weighted by atomic mass is 35.5. The lowest BCUT2D eigenvalue weighted by molar-refractivity contribution is -0.139. The van der Waals surface area contributed by atoms with Gasteiger partial charge in [0, 0.05) is 13.2 Å². The van der Waals surface area contributed by atoms with Crippen LogP contribution in [0.1, 0.15) is 12.8 Å². The molecule has 0 saturated carbocycles. The molecule has 1 atom stereocenters. The maximum Gasteiger partial charge on any atom is 0.341 e. The fourth-order valence-corrected chi connectivity index (χ4v) is 3.63. The van der Waals surface area contributed by atoms with Gasteiger partial charge in [0.1, 0.15) is 5.75 Å². The lowest BCUT2D eigenvalue weighted by Crippen LogP contribution is -2.33. The fourth-order valence-electron chi connectivity index (χ4n) is 2.18.